The second-order valence-electron chi connectivity index (χ2n) is 8.21. The summed E-state index contributed by atoms with van der Waals surface area (Å²) in [5, 5.41) is 2.89. The molecule has 2 aromatic rings. The maximum absolute atomic E-state index is 13.7. The van der Waals surface area contributed by atoms with Crippen LogP contribution >= 0.6 is 0 Å². The number of nitrogens with one attached hydrogen (secondary N) is 1. The van der Waals surface area contributed by atoms with E-state index in [-0.39, 0.29) is 23.5 Å². The number of fused-ring (bicyclic) bond motifs is 1. The number of para-hydroxylation sites is 2. The standard InChI is InChI=1S/C24H27FN2O4/c1-15-7-8-17(13-19(15)25)14-26-23(28)18-9-11-27(12-10-18)24(29)22-16(2)30-20-5-3-4-6-21(20)31-22/h3-8,13,16,18,22H,9-12,14H2,1-2H3,(H,26,28)/t16-,22-/m1/s1. The summed E-state index contributed by atoms with van der Waals surface area (Å²) in [6, 6.07) is 12.3. The lowest BCUT2D eigenvalue weighted by atomic mass is 9.95. The molecular formula is C24H27FN2O4. The third-order valence-corrected chi connectivity index (χ3v) is 5.97. The second-order valence-corrected chi connectivity index (χ2v) is 8.21. The predicted molar refractivity (Wildman–Crippen MR) is 113 cm³/mol. The number of carbonyl (C=O) groups excluding carboxylic acids is 2. The van der Waals surface area contributed by atoms with Crippen LogP contribution < -0.4 is 14.8 Å². The number of nitrogens with zero attached hydrogens (tertiary/aromatic N) is 1. The van der Waals surface area contributed by atoms with Gasteiger partial charge >= 0.3 is 0 Å². The molecule has 2 aromatic carbocycles. The molecule has 0 bridgehead atoms. The monoisotopic (exact) mass is 426 g/mol. The van der Waals surface area contributed by atoms with Crippen molar-refractivity contribution in [1.29, 1.82) is 0 Å². The first-order valence-corrected chi connectivity index (χ1v) is 10.7. The molecule has 6 nitrogen and oxygen atoms in total. The van der Waals surface area contributed by atoms with Crippen LogP contribution in [0.15, 0.2) is 42.5 Å². The molecule has 0 radical (unpaired) electrons. The fourth-order valence-electron chi connectivity index (χ4n) is 4.01. The van der Waals surface area contributed by atoms with Crippen molar-refractivity contribution in [3.05, 3.63) is 59.4 Å². The van der Waals surface area contributed by atoms with Crippen molar-refractivity contribution in [1.82, 2.24) is 10.2 Å². The van der Waals surface area contributed by atoms with E-state index in [2.05, 4.69) is 5.32 Å². The van der Waals surface area contributed by atoms with Crippen molar-refractivity contribution < 1.29 is 23.5 Å². The zero-order valence-corrected chi connectivity index (χ0v) is 17.8. The summed E-state index contributed by atoms with van der Waals surface area (Å²) in [4.78, 5) is 27.3. The highest BCUT2D eigenvalue weighted by atomic mass is 19.1. The molecule has 0 saturated carbocycles. The topological polar surface area (TPSA) is 67.9 Å². The summed E-state index contributed by atoms with van der Waals surface area (Å²) in [6.07, 6.45) is 0.0755. The summed E-state index contributed by atoms with van der Waals surface area (Å²) >= 11 is 0. The molecule has 164 valence electrons. The molecule has 31 heavy (non-hydrogen) atoms. The van der Waals surface area contributed by atoms with Crippen molar-refractivity contribution in [3.8, 4) is 11.5 Å². The SMILES string of the molecule is Cc1ccc(CNC(=O)C2CCN(C(=O)[C@@H]3Oc4ccccc4O[C@@H]3C)CC2)cc1F. The molecule has 2 heterocycles. The van der Waals surface area contributed by atoms with Crippen LogP contribution in [0, 0.1) is 18.7 Å². The summed E-state index contributed by atoms with van der Waals surface area (Å²) in [7, 11) is 0. The van der Waals surface area contributed by atoms with E-state index < -0.39 is 12.2 Å². The van der Waals surface area contributed by atoms with Gasteiger partial charge in [-0.3, -0.25) is 9.59 Å². The number of carbonyl (C=O) groups is 2. The molecule has 1 saturated heterocycles. The lowest BCUT2D eigenvalue weighted by molar-refractivity contribution is -0.147. The highest BCUT2D eigenvalue weighted by Gasteiger charge is 2.38. The normalized spacial score (nSPS) is 20.9. The maximum Gasteiger partial charge on any atom is 0.267 e. The fourth-order valence-corrected chi connectivity index (χ4v) is 4.01. The van der Waals surface area contributed by atoms with E-state index in [1.807, 2.05) is 31.2 Å². The molecule has 4 rings (SSSR count). The lowest BCUT2D eigenvalue weighted by Gasteiger charge is -2.37. The van der Waals surface area contributed by atoms with Crippen LogP contribution in [-0.4, -0.2) is 42.0 Å². The van der Waals surface area contributed by atoms with Gasteiger partial charge in [0.1, 0.15) is 11.9 Å². The maximum atomic E-state index is 13.7. The quantitative estimate of drug-likeness (QED) is 0.815. The van der Waals surface area contributed by atoms with Crippen molar-refractivity contribution in [2.75, 3.05) is 13.1 Å². The van der Waals surface area contributed by atoms with Crippen LogP contribution in [0.2, 0.25) is 0 Å². The third-order valence-electron chi connectivity index (χ3n) is 5.97. The number of benzene rings is 2. The van der Waals surface area contributed by atoms with Gasteiger partial charge in [0, 0.05) is 25.6 Å². The zero-order chi connectivity index (χ0) is 22.0. The van der Waals surface area contributed by atoms with E-state index in [1.165, 1.54) is 6.07 Å². The highest BCUT2D eigenvalue weighted by molar-refractivity contribution is 5.83. The van der Waals surface area contributed by atoms with Gasteiger partial charge in [0.05, 0.1) is 0 Å². The molecule has 0 aromatic heterocycles. The first-order valence-electron chi connectivity index (χ1n) is 10.7. The van der Waals surface area contributed by atoms with Gasteiger partial charge in [-0.15, -0.1) is 0 Å². The van der Waals surface area contributed by atoms with Crippen molar-refractivity contribution in [2.45, 2.75) is 45.4 Å². The number of ether oxygens (including phenoxy) is 2. The fraction of sp³-hybridized carbons (Fsp3) is 0.417. The van der Waals surface area contributed by atoms with E-state index in [0.29, 0.717) is 49.5 Å². The van der Waals surface area contributed by atoms with E-state index >= 15 is 0 Å². The molecule has 2 amide bonds. The highest BCUT2D eigenvalue weighted by Crippen LogP contribution is 2.34. The van der Waals surface area contributed by atoms with Gasteiger partial charge in [-0.25, -0.2) is 4.39 Å². The van der Waals surface area contributed by atoms with Gasteiger partial charge < -0.3 is 19.7 Å². The van der Waals surface area contributed by atoms with Crippen LogP contribution in [0.4, 0.5) is 4.39 Å². The van der Waals surface area contributed by atoms with E-state index in [0.717, 1.165) is 5.56 Å². The summed E-state index contributed by atoms with van der Waals surface area (Å²) in [6.45, 7) is 4.80. The Hall–Kier alpha value is -3.09. The average Bonchev–Trinajstić information content (AvgIpc) is 2.79. The zero-order valence-electron chi connectivity index (χ0n) is 17.8. The molecule has 2 aliphatic heterocycles. The molecule has 0 spiro atoms. The third kappa shape index (κ3) is 4.65. The van der Waals surface area contributed by atoms with Crippen molar-refractivity contribution >= 4 is 11.8 Å². The molecule has 0 unspecified atom stereocenters. The van der Waals surface area contributed by atoms with Crippen LogP contribution in [0.25, 0.3) is 0 Å². The lowest BCUT2D eigenvalue weighted by Crippen LogP contribution is -2.53. The minimum absolute atomic E-state index is 0.0624. The first kappa shape index (κ1) is 21.2. The minimum Gasteiger partial charge on any atom is -0.482 e. The summed E-state index contributed by atoms with van der Waals surface area (Å²) < 4.78 is 25.4. The van der Waals surface area contributed by atoms with Gasteiger partial charge in [0.2, 0.25) is 12.0 Å². The van der Waals surface area contributed by atoms with E-state index in [1.54, 1.807) is 24.0 Å². The number of halogens is 1. The molecule has 1 N–H and O–H groups in total. The molecule has 2 atom stereocenters. The van der Waals surface area contributed by atoms with Crippen molar-refractivity contribution in [3.63, 3.8) is 0 Å². The Bertz CT molecular complexity index is 972. The van der Waals surface area contributed by atoms with Crippen LogP contribution in [0.1, 0.15) is 30.9 Å². The second kappa shape index (κ2) is 8.96. The average molecular weight is 426 g/mol. The molecule has 0 aliphatic carbocycles. The molecule has 2 aliphatic rings. The Morgan fingerprint density at radius 2 is 1.77 bits per heavy atom. The van der Waals surface area contributed by atoms with Crippen LogP contribution in [-0.2, 0) is 16.1 Å². The Labute approximate surface area is 181 Å². The van der Waals surface area contributed by atoms with Gasteiger partial charge in [-0.05, 0) is 56.0 Å². The summed E-state index contributed by atoms with van der Waals surface area (Å²) in [5.74, 6) is 0.595. The molecule has 1 fully saturated rings. The number of rotatable bonds is 4. The largest absolute Gasteiger partial charge is 0.482 e. The molecule has 7 heteroatoms. The number of amides is 2. The first-order chi connectivity index (χ1) is 14.9. The van der Waals surface area contributed by atoms with Crippen LogP contribution in [0.5, 0.6) is 11.5 Å². The predicted octanol–water partition coefficient (Wildman–Crippen LogP) is 3.22. The smallest absolute Gasteiger partial charge is 0.267 e. The number of piperidine rings is 1. The van der Waals surface area contributed by atoms with Gasteiger partial charge in [-0.2, -0.15) is 0 Å². The number of likely N-dealkylation sites (tertiary alicyclic amines) is 1. The summed E-state index contributed by atoms with van der Waals surface area (Å²) in [5.41, 5.74) is 1.31. The Kier molecular flexibility index (Phi) is 6.11. The van der Waals surface area contributed by atoms with Crippen molar-refractivity contribution in [2.24, 2.45) is 5.92 Å². The van der Waals surface area contributed by atoms with Gasteiger partial charge in [-0.1, -0.05) is 24.3 Å². The Morgan fingerprint density at radius 3 is 2.45 bits per heavy atom. The Morgan fingerprint density at radius 1 is 1.10 bits per heavy atom. The molecular weight excluding hydrogens is 399 g/mol. The number of hydrogen-bond donors (Lipinski definition) is 1. The van der Waals surface area contributed by atoms with Gasteiger partial charge in [0.25, 0.3) is 5.91 Å². The Balaban J connectivity index is 1.28. The van der Waals surface area contributed by atoms with Crippen LogP contribution in [0.3, 0.4) is 0 Å². The van der Waals surface area contributed by atoms with E-state index in [9.17, 15) is 14.0 Å². The minimum atomic E-state index is -0.697. The number of aryl methyl sites for hydroxylation is 1. The number of hydrogen-bond acceptors (Lipinski definition) is 4. The van der Waals surface area contributed by atoms with Gasteiger partial charge in [0.15, 0.2) is 11.5 Å². The van der Waals surface area contributed by atoms with E-state index in [4.69, 9.17) is 9.47 Å².